The molecule has 0 aromatic heterocycles. The number of unbranched alkanes of at least 4 members (excludes halogenated alkanes) is 1. The Hall–Kier alpha value is -2.10. The first-order valence-electron chi connectivity index (χ1n) is 8.58. The van der Waals surface area contributed by atoms with Crippen LogP contribution in [0.4, 0.5) is 10.5 Å². The maximum Gasteiger partial charge on any atom is 0.319 e. The van der Waals surface area contributed by atoms with Crippen LogP contribution in [0.15, 0.2) is 24.3 Å². The molecule has 1 aromatic rings. The van der Waals surface area contributed by atoms with E-state index in [2.05, 4.69) is 21.6 Å². The Labute approximate surface area is 143 Å². The minimum absolute atomic E-state index is 0.211. The number of anilines is 1. The smallest absolute Gasteiger partial charge is 0.319 e. The van der Waals surface area contributed by atoms with Crippen molar-refractivity contribution in [2.45, 2.75) is 38.1 Å². The number of nitriles is 1. The molecule has 2 amide bonds. The van der Waals surface area contributed by atoms with Gasteiger partial charge < -0.3 is 15.7 Å². The molecule has 1 aliphatic heterocycles. The fraction of sp³-hybridized carbons (Fsp3) is 0.556. The quantitative estimate of drug-likeness (QED) is 0.637. The lowest BCUT2D eigenvalue weighted by Gasteiger charge is -2.22. The number of aliphatic hydroxyl groups excluding tert-OH is 1. The third kappa shape index (κ3) is 5.84. The molecule has 0 radical (unpaired) electrons. The lowest BCUT2D eigenvalue weighted by molar-refractivity contribution is 0.157. The Morgan fingerprint density at radius 3 is 2.83 bits per heavy atom. The zero-order valence-corrected chi connectivity index (χ0v) is 14.0. The monoisotopic (exact) mass is 330 g/mol. The van der Waals surface area contributed by atoms with Gasteiger partial charge in [-0.05, 0) is 56.5 Å². The van der Waals surface area contributed by atoms with E-state index in [1.54, 1.807) is 12.1 Å². The number of benzene rings is 1. The fourth-order valence-corrected chi connectivity index (χ4v) is 3.01. The van der Waals surface area contributed by atoms with Crippen molar-refractivity contribution < 1.29 is 9.90 Å². The van der Waals surface area contributed by atoms with E-state index in [4.69, 9.17) is 5.26 Å². The summed E-state index contributed by atoms with van der Waals surface area (Å²) < 4.78 is 0. The summed E-state index contributed by atoms with van der Waals surface area (Å²) in [6, 6.07) is 9.49. The molecule has 1 saturated heterocycles. The Bertz CT molecular complexity index is 553. The van der Waals surface area contributed by atoms with Gasteiger partial charge in [0.25, 0.3) is 0 Å². The standard InChI is InChI=1S/C18H26N4O2/c19-10-9-15-5-7-16(8-6-15)21-18(24)20-11-1-2-12-22-13-3-4-17(22)14-23/h5-8,17,23H,1-4,9,11-14H2,(H2,20,21,24). The van der Waals surface area contributed by atoms with E-state index >= 15 is 0 Å². The second-order valence-corrected chi connectivity index (χ2v) is 6.13. The van der Waals surface area contributed by atoms with Gasteiger partial charge in [-0.1, -0.05) is 12.1 Å². The van der Waals surface area contributed by atoms with E-state index in [0.717, 1.165) is 43.6 Å². The summed E-state index contributed by atoms with van der Waals surface area (Å²) in [5.74, 6) is 0. The molecule has 1 atom stereocenters. The zero-order chi connectivity index (χ0) is 17.2. The van der Waals surface area contributed by atoms with Gasteiger partial charge >= 0.3 is 6.03 Å². The number of aliphatic hydroxyl groups is 1. The van der Waals surface area contributed by atoms with Crippen LogP contribution in [0, 0.1) is 11.3 Å². The maximum atomic E-state index is 11.8. The predicted molar refractivity (Wildman–Crippen MR) is 93.7 cm³/mol. The van der Waals surface area contributed by atoms with Gasteiger partial charge in [-0.2, -0.15) is 5.26 Å². The molecule has 0 saturated carbocycles. The molecule has 1 aliphatic rings. The molecule has 130 valence electrons. The number of urea groups is 1. The summed E-state index contributed by atoms with van der Waals surface area (Å²) >= 11 is 0. The molecule has 6 heteroatoms. The van der Waals surface area contributed by atoms with Crippen LogP contribution in [-0.2, 0) is 6.42 Å². The highest BCUT2D eigenvalue weighted by molar-refractivity contribution is 5.89. The second-order valence-electron chi connectivity index (χ2n) is 6.13. The van der Waals surface area contributed by atoms with Crippen molar-refractivity contribution in [2.24, 2.45) is 0 Å². The Morgan fingerprint density at radius 1 is 1.33 bits per heavy atom. The van der Waals surface area contributed by atoms with Gasteiger partial charge in [0.15, 0.2) is 0 Å². The minimum atomic E-state index is -0.211. The molecule has 1 heterocycles. The summed E-state index contributed by atoms with van der Waals surface area (Å²) in [7, 11) is 0. The largest absolute Gasteiger partial charge is 0.395 e. The van der Waals surface area contributed by atoms with E-state index in [9.17, 15) is 9.90 Å². The molecule has 1 unspecified atom stereocenters. The Balaban J connectivity index is 1.59. The first-order chi connectivity index (χ1) is 11.7. The number of likely N-dealkylation sites (tertiary alicyclic amines) is 1. The average molecular weight is 330 g/mol. The predicted octanol–water partition coefficient (Wildman–Crippen LogP) is 2.11. The molecular formula is C18H26N4O2. The molecule has 1 aromatic carbocycles. The molecule has 3 N–H and O–H groups in total. The third-order valence-corrected chi connectivity index (χ3v) is 4.36. The number of hydrogen-bond donors (Lipinski definition) is 3. The third-order valence-electron chi connectivity index (χ3n) is 4.36. The van der Waals surface area contributed by atoms with Crippen LogP contribution in [-0.4, -0.2) is 48.3 Å². The summed E-state index contributed by atoms with van der Waals surface area (Å²) in [6.45, 7) is 2.93. The number of carbonyl (C=O) groups is 1. The van der Waals surface area contributed by atoms with Crippen molar-refractivity contribution in [1.82, 2.24) is 10.2 Å². The lowest BCUT2D eigenvalue weighted by atomic mass is 10.1. The van der Waals surface area contributed by atoms with Crippen LogP contribution in [0.3, 0.4) is 0 Å². The van der Waals surface area contributed by atoms with Crippen molar-refractivity contribution >= 4 is 11.7 Å². The molecule has 2 rings (SSSR count). The lowest BCUT2D eigenvalue weighted by Crippen LogP contribution is -2.34. The van der Waals surface area contributed by atoms with Crippen molar-refractivity contribution in [1.29, 1.82) is 5.26 Å². The summed E-state index contributed by atoms with van der Waals surface area (Å²) in [5, 5.41) is 23.5. The Kier molecular flexibility index (Phi) is 7.53. The molecule has 6 nitrogen and oxygen atoms in total. The number of amides is 2. The van der Waals surface area contributed by atoms with E-state index in [-0.39, 0.29) is 12.6 Å². The van der Waals surface area contributed by atoms with Gasteiger partial charge in [-0.3, -0.25) is 4.90 Å². The SMILES string of the molecule is N#CCc1ccc(NC(=O)NCCCCN2CCCC2CO)cc1. The van der Waals surface area contributed by atoms with Gasteiger partial charge in [0, 0.05) is 18.3 Å². The topological polar surface area (TPSA) is 88.4 Å². The normalized spacial score (nSPS) is 17.4. The highest BCUT2D eigenvalue weighted by Crippen LogP contribution is 2.16. The molecule has 0 bridgehead atoms. The molecule has 1 fully saturated rings. The van der Waals surface area contributed by atoms with Gasteiger partial charge in [-0.25, -0.2) is 4.79 Å². The Morgan fingerprint density at radius 2 is 2.12 bits per heavy atom. The van der Waals surface area contributed by atoms with Gasteiger partial charge in [0.05, 0.1) is 19.1 Å². The average Bonchev–Trinajstić information content (AvgIpc) is 3.04. The summed E-state index contributed by atoms with van der Waals surface area (Å²) in [5.41, 5.74) is 1.66. The van der Waals surface area contributed by atoms with Crippen molar-refractivity contribution in [3.63, 3.8) is 0 Å². The second kappa shape index (κ2) is 9.91. The molecule has 0 aliphatic carbocycles. The van der Waals surface area contributed by atoms with Gasteiger partial charge in [0.1, 0.15) is 0 Å². The number of nitrogens with one attached hydrogen (secondary N) is 2. The number of nitrogens with zero attached hydrogens (tertiary/aromatic N) is 2. The zero-order valence-electron chi connectivity index (χ0n) is 14.0. The molecular weight excluding hydrogens is 304 g/mol. The van der Waals surface area contributed by atoms with Crippen LogP contribution in [0.1, 0.15) is 31.2 Å². The van der Waals surface area contributed by atoms with Gasteiger partial charge in [-0.15, -0.1) is 0 Å². The first-order valence-corrected chi connectivity index (χ1v) is 8.58. The highest BCUT2D eigenvalue weighted by Gasteiger charge is 2.22. The number of carbonyl (C=O) groups excluding carboxylic acids is 1. The van der Waals surface area contributed by atoms with E-state index in [1.807, 2.05) is 12.1 Å². The summed E-state index contributed by atoms with van der Waals surface area (Å²) in [6.07, 6.45) is 4.56. The van der Waals surface area contributed by atoms with E-state index in [0.29, 0.717) is 19.0 Å². The van der Waals surface area contributed by atoms with Crippen LogP contribution in [0.5, 0.6) is 0 Å². The maximum absolute atomic E-state index is 11.8. The van der Waals surface area contributed by atoms with E-state index in [1.165, 1.54) is 6.42 Å². The number of hydrogen-bond acceptors (Lipinski definition) is 4. The van der Waals surface area contributed by atoms with Crippen LogP contribution in [0.25, 0.3) is 0 Å². The molecule has 24 heavy (non-hydrogen) atoms. The minimum Gasteiger partial charge on any atom is -0.395 e. The van der Waals surface area contributed by atoms with Crippen molar-refractivity contribution in [3.05, 3.63) is 29.8 Å². The van der Waals surface area contributed by atoms with Crippen molar-refractivity contribution in [2.75, 3.05) is 31.6 Å². The summed E-state index contributed by atoms with van der Waals surface area (Å²) in [4.78, 5) is 14.2. The highest BCUT2D eigenvalue weighted by atomic mass is 16.3. The number of rotatable bonds is 8. The fourth-order valence-electron chi connectivity index (χ4n) is 3.01. The van der Waals surface area contributed by atoms with Crippen LogP contribution < -0.4 is 10.6 Å². The van der Waals surface area contributed by atoms with Crippen LogP contribution in [0.2, 0.25) is 0 Å². The molecule has 0 spiro atoms. The van der Waals surface area contributed by atoms with Crippen molar-refractivity contribution in [3.8, 4) is 6.07 Å². The first kappa shape index (κ1) is 18.2. The van der Waals surface area contributed by atoms with E-state index < -0.39 is 0 Å². The van der Waals surface area contributed by atoms with Crippen LogP contribution >= 0.6 is 0 Å². The van der Waals surface area contributed by atoms with Gasteiger partial charge in [0.2, 0.25) is 0 Å².